The molecule has 0 radical (unpaired) electrons. The first-order valence-corrected chi connectivity index (χ1v) is 12.6. The molecule has 180 valence electrons. The Morgan fingerprint density at radius 2 is 1.78 bits per heavy atom. The van der Waals surface area contributed by atoms with Gasteiger partial charge in [-0.25, -0.2) is 14.3 Å². The van der Waals surface area contributed by atoms with Crippen LogP contribution in [0.5, 0.6) is 0 Å². The molecule has 10 heteroatoms. The molecule has 2 aromatic rings. The van der Waals surface area contributed by atoms with Gasteiger partial charge in [-0.3, -0.25) is 4.79 Å². The Hall–Kier alpha value is -1.30. The number of aromatic nitrogens is 1. The highest BCUT2D eigenvalue weighted by molar-refractivity contribution is 7.93. The Labute approximate surface area is 202 Å². The molecule has 1 atom stereocenters. The van der Waals surface area contributed by atoms with Crippen LogP contribution in [-0.4, -0.2) is 27.3 Å². The first kappa shape index (κ1) is 28.7. The molecule has 1 amide bonds. The van der Waals surface area contributed by atoms with Crippen molar-refractivity contribution in [3.63, 3.8) is 0 Å². The number of ether oxygens (including phenoxy) is 1. The molecule has 1 heterocycles. The van der Waals surface area contributed by atoms with Gasteiger partial charge >= 0.3 is 0 Å². The monoisotopic (exact) mass is 501 g/mol. The molecule has 7 nitrogen and oxygen atoms in total. The normalized spacial score (nSPS) is 13.7. The van der Waals surface area contributed by atoms with E-state index in [4.69, 9.17) is 9.88 Å². The molecule has 1 unspecified atom stereocenters. The van der Waals surface area contributed by atoms with E-state index in [0.29, 0.717) is 11.5 Å². The molecular weight excluding hydrogens is 466 g/mol. The van der Waals surface area contributed by atoms with E-state index in [9.17, 15) is 14.1 Å². The lowest BCUT2D eigenvalue weighted by Gasteiger charge is -2.21. The second-order valence-corrected chi connectivity index (χ2v) is 11.8. The standard InChI is InChI=1S/C22H33N3O4S2.H2S/c1-13(2)16-8-15(12-29-7)9-17(14(3)4)18(16)10-20(26)25-31(23,28)21-24-11-19(30-21)22(5,6)27;/h8-9,11,13-14,27H,10,12H2,1-7H3,(H2,23,25,26,28);1H2. The molecule has 0 aliphatic heterocycles. The number of benzene rings is 1. The predicted octanol–water partition coefficient (Wildman–Crippen LogP) is 4.35. The second kappa shape index (κ2) is 11.2. The van der Waals surface area contributed by atoms with Crippen molar-refractivity contribution >= 4 is 40.7 Å². The minimum atomic E-state index is -3.50. The largest absolute Gasteiger partial charge is 0.385 e. The van der Waals surface area contributed by atoms with Crippen molar-refractivity contribution in [1.82, 2.24) is 4.98 Å². The minimum Gasteiger partial charge on any atom is -0.385 e. The number of methoxy groups -OCH3 is 1. The van der Waals surface area contributed by atoms with Gasteiger partial charge in [0.25, 0.3) is 5.91 Å². The fraction of sp³-hybridized carbons (Fsp3) is 0.545. The Bertz CT molecular complexity index is 1030. The lowest BCUT2D eigenvalue weighted by molar-refractivity contribution is -0.117. The van der Waals surface area contributed by atoms with Gasteiger partial charge in [0.15, 0.2) is 9.92 Å². The van der Waals surface area contributed by atoms with E-state index in [1.807, 2.05) is 0 Å². The van der Waals surface area contributed by atoms with Crippen molar-refractivity contribution in [2.75, 3.05) is 7.11 Å². The molecule has 3 N–H and O–H groups in total. The zero-order valence-electron chi connectivity index (χ0n) is 19.8. The number of carbonyl (C=O) groups is 1. The first-order valence-electron chi connectivity index (χ1n) is 10.2. The van der Waals surface area contributed by atoms with E-state index in [1.54, 1.807) is 21.0 Å². The minimum absolute atomic E-state index is 0. The molecule has 0 saturated carbocycles. The van der Waals surface area contributed by atoms with Gasteiger partial charge in [0, 0.05) is 13.3 Å². The van der Waals surface area contributed by atoms with Crippen LogP contribution in [-0.2, 0) is 38.1 Å². The van der Waals surface area contributed by atoms with Gasteiger partial charge in [-0.15, -0.1) is 15.7 Å². The number of aliphatic hydroxyl groups is 1. The molecule has 32 heavy (non-hydrogen) atoms. The van der Waals surface area contributed by atoms with Gasteiger partial charge in [0.1, 0.15) is 0 Å². The van der Waals surface area contributed by atoms with Crippen LogP contribution in [0.4, 0.5) is 0 Å². The highest BCUT2D eigenvalue weighted by Gasteiger charge is 2.24. The third kappa shape index (κ3) is 7.10. The zero-order chi connectivity index (χ0) is 23.6. The zero-order valence-corrected chi connectivity index (χ0v) is 22.4. The summed E-state index contributed by atoms with van der Waals surface area (Å²) >= 11 is 0.997. The van der Waals surface area contributed by atoms with Crippen LogP contribution in [0.15, 0.2) is 27.0 Å². The topological polar surface area (TPSA) is 115 Å². The Balaban J connectivity index is 0.00000512. The van der Waals surface area contributed by atoms with Crippen molar-refractivity contribution in [2.24, 2.45) is 9.50 Å². The highest BCUT2D eigenvalue weighted by atomic mass is 32.2. The Kier molecular flexibility index (Phi) is 10.1. The van der Waals surface area contributed by atoms with Crippen molar-refractivity contribution in [3.05, 3.63) is 45.5 Å². The maximum Gasteiger partial charge on any atom is 0.259 e. The summed E-state index contributed by atoms with van der Waals surface area (Å²) < 4.78 is 22.1. The Morgan fingerprint density at radius 1 is 1.25 bits per heavy atom. The first-order chi connectivity index (χ1) is 14.3. The van der Waals surface area contributed by atoms with Crippen LogP contribution >= 0.6 is 24.8 Å². The molecule has 0 aliphatic rings. The molecule has 0 aliphatic carbocycles. The van der Waals surface area contributed by atoms with E-state index in [0.717, 1.165) is 33.6 Å². The predicted molar refractivity (Wildman–Crippen MR) is 135 cm³/mol. The number of thiazole rings is 1. The number of hydrogen-bond acceptors (Lipinski definition) is 6. The van der Waals surface area contributed by atoms with Crippen molar-refractivity contribution in [3.8, 4) is 0 Å². The molecular formula is C22H35N3O4S3. The smallest absolute Gasteiger partial charge is 0.259 e. The summed E-state index contributed by atoms with van der Waals surface area (Å²) in [5, 5.41) is 16.0. The number of rotatable bonds is 8. The summed E-state index contributed by atoms with van der Waals surface area (Å²) in [7, 11) is -1.85. The molecule has 0 spiro atoms. The van der Waals surface area contributed by atoms with Crippen molar-refractivity contribution < 1.29 is 18.8 Å². The van der Waals surface area contributed by atoms with Crippen LogP contribution in [0.2, 0.25) is 0 Å². The third-order valence-corrected chi connectivity index (χ3v) is 7.99. The van der Waals surface area contributed by atoms with Gasteiger partial charge < -0.3 is 9.84 Å². The van der Waals surface area contributed by atoms with E-state index in [2.05, 4.69) is 49.2 Å². The van der Waals surface area contributed by atoms with Gasteiger partial charge in [-0.1, -0.05) is 39.8 Å². The molecule has 2 rings (SSSR count). The van der Waals surface area contributed by atoms with Gasteiger partial charge in [-0.05, 0) is 47.9 Å². The lowest BCUT2D eigenvalue weighted by atomic mass is 9.85. The number of carbonyl (C=O) groups excluding carboxylic acids is 1. The highest BCUT2D eigenvalue weighted by Crippen LogP contribution is 2.31. The SMILES string of the molecule is COCc1cc(C(C)C)c(CC(=O)N=S(N)(=O)c2ncc(C(C)(C)O)s2)c(C(C)C)c1.S. The van der Waals surface area contributed by atoms with Gasteiger partial charge in [0.05, 0.1) is 23.5 Å². The summed E-state index contributed by atoms with van der Waals surface area (Å²) in [4.78, 5) is 17.4. The number of nitrogens with two attached hydrogens (primary N) is 1. The summed E-state index contributed by atoms with van der Waals surface area (Å²) in [6.07, 6.45) is 1.42. The summed E-state index contributed by atoms with van der Waals surface area (Å²) in [5.74, 6) is -0.184. The summed E-state index contributed by atoms with van der Waals surface area (Å²) in [6.45, 7) is 12.0. The molecule has 1 aromatic heterocycles. The van der Waals surface area contributed by atoms with Crippen molar-refractivity contribution in [2.45, 2.75) is 76.3 Å². The van der Waals surface area contributed by atoms with Gasteiger partial charge in [-0.2, -0.15) is 13.5 Å². The second-order valence-electron chi connectivity index (χ2n) is 8.78. The van der Waals surface area contributed by atoms with Crippen LogP contribution < -0.4 is 5.14 Å². The third-order valence-electron chi connectivity index (χ3n) is 4.84. The van der Waals surface area contributed by atoms with Gasteiger partial charge in [0.2, 0.25) is 4.34 Å². The van der Waals surface area contributed by atoms with Crippen molar-refractivity contribution in [1.29, 1.82) is 0 Å². The number of hydrogen-bond donors (Lipinski definition) is 2. The maximum atomic E-state index is 12.9. The average molecular weight is 502 g/mol. The van der Waals surface area contributed by atoms with Crippen LogP contribution in [0, 0.1) is 0 Å². The van der Waals surface area contributed by atoms with Crippen LogP contribution in [0.3, 0.4) is 0 Å². The fourth-order valence-corrected chi connectivity index (χ4v) is 5.47. The molecule has 0 saturated heterocycles. The summed E-state index contributed by atoms with van der Waals surface area (Å²) in [6, 6.07) is 4.11. The van der Waals surface area contributed by atoms with E-state index in [1.165, 1.54) is 6.20 Å². The number of amides is 1. The molecule has 0 fully saturated rings. The van der Waals surface area contributed by atoms with E-state index >= 15 is 0 Å². The summed E-state index contributed by atoms with van der Waals surface area (Å²) in [5.41, 5.74) is 2.89. The van der Waals surface area contributed by atoms with E-state index < -0.39 is 21.4 Å². The lowest BCUT2D eigenvalue weighted by Crippen LogP contribution is -2.17. The van der Waals surface area contributed by atoms with Crippen LogP contribution in [0.25, 0.3) is 0 Å². The quantitative estimate of drug-likeness (QED) is 0.558. The molecule has 1 aromatic carbocycles. The van der Waals surface area contributed by atoms with Crippen LogP contribution in [0.1, 0.15) is 80.5 Å². The fourth-order valence-electron chi connectivity index (χ4n) is 3.32. The molecule has 0 bridgehead atoms. The van der Waals surface area contributed by atoms with E-state index in [-0.39, 0.29) is 36.1 Å². The Morgan fingerprint density at radius 3 is 2.19 bits per heavy atom. The maximum absolute atomic E-state index is 12.9. The number of nitrogens with zero attached hydrogens (tertiary/aromatic N) is 2. The average Bonchev–Trinajstić information content (AvgIpc) is 3.13.